The van der Waals surface area contributed by atoms with E-state index < -0.39 is 9.20 Å². The van der Waals surface area contributed by atoms with Gasteiger partial charge in [-0.3, -0.25) is 4.90 Å². The molecule has 0 aliphatic heterocycles. The Hall–Kier alpha value is 0.0969. The smallest absolute Gasteiger partial charge is 0.253 e. The zero-order chi connectivity index (χ0) is 11.8. The van der Waals surface area contributed by atoms with Gasteiger partial charge in [-0.2, -0.15) is 0 Å². The summed E-state index contributed by atoms with van der Waals surface area (Å²) in [5, 5.41) is 0. The molecule has 1 atom stereocenters. The fourth-order valence-electron chi connectivity index (χ4n) is 1.89. The van der Waals surface area contributed by atoms with Gasteiger partial charge in [-0.1, -0.05) is 0 Å². The minimum atomic E-state index is -1.14. The molecular formula is C11H28N2OSi. The predicted octanol–water partition coefficient (Wildman–Crippen LogP) is 1.58. The molecule has 0 saturated carbocycles. The highest BCUT2D eigenvalue weighted by Crippen LogP contribution is 2.07. The van der Waals surface area contributed by atoms with E-state index in [-0.39, 0.29) is 0 Å². The lowest BCUT2D eigenvalue weighted by atomic mass is 10.2. The maximum absolute atomic E-state index is 5.70. The Labute approximate surface area is 97.0 Å². The third-order valence-electron chi connectivity index (χ3n) is 2.67. The summed E-state index contributed by atoms with van der Waals surface area (Å²) in [6.45, 7) is 13.1. The highest BCUT2D eigenvalue weighted by atomic mass is 28.3. The molecule has 0 heterocycles. The van der Waals surface area contributed by atoms with Gasteiger partial charge in [0, 0.05) is 18.7 Å². The molecule has 4 heteroatoms. The minimum absolute atomic E-state index is 0.623. The molecule has 1 unspecified atom stereocenters. The monoisotopic (exact) mass is 232 g/mol. The van der Waals surface area contributed by atoms with Crippen LogP contribution < -0.4 is 4.98 Å². The zero-order valence-corrected chi connectivity index (χ0v) is 12.4. The highest BCUT2D eigenvalue weighted by Gasteiger charge is 2.16. The van der Waals surface area contributed by atoms with Gasteiger partial charge < -0.3 is 9.41 Å². The van der Waals surface area contributed by atoms with Gasteiger partial charge in [0.2, 0.25) is 0 Å². The van der Waals surface area contributed by atoms with Crippen molar-refractivity contribution in [2.45, 2.75) is 52.7 Å². The number of nitrogens with zero attached hydrogens (tertiary/aromatic N) is 1. The number of hydrogen-bond donors (Lipinski definition) is 1. The summed E-state index contributed by atoms with van der Waals surface area (Å²) < 4.78 is 5.70. The van der Waals surface area contributed by atoms with E-state index >= 15 is 0 Å². The molecule has 0 saturated heterocycles. The Balaban J connectivity index is 3.96. The maximum Gasteiger partial charge on any atom is 0.253 e. The number of rotatable bonds is 8. The Morgan fingerprint density at radius 2 is 1.73 bits per heavy atom. The van der Waals surface area contributed by atoms with E-state index in [2.05, 4.69) is 44.5 Å². The van der Waals surface area contributed by atoms with Gasteiger partial charge in [0.15, 0.2) is 0 Å². The van der Waals surface area contributed by atoms with E-state index in [1.807, 2.05) is 7.05 Å². The van der Waals surface area contributed by atoms with Gasteiger partial charge in [-0.25, -0.2) is 0 Å². The molecule has 0 aromatic rings. The second-order valence-corrected chi connectivity index (χ2v) is 6.91. The average molecular weight is 232 g/mol. The first-order valence-corrected chi connectivity index (χ1v) is 7.94. The van der Waals surface area contributed by atoms with Gasteiger partial charge in [0.1, 0.15) is 0 Å². The van der Waals surface area contributed by atoms with Crippen LogP contribution in [0.15, 0.2) is 0 Å². The van der Waals surface area contributed by atoms with Crippen LogP contribution in [0.2, 0.25) is 6.04 Å². The fraction of sp³-hybridized carbons (Fsp3) is 1.00. The lowest BCUT2D eigenvalue weighted by Crippen LogP contribution is -2.42. The predicted molar refractivity (Wildman–Crippen MR) is 69.6 cm³/mol. The van der Waals surface area contributed by atoms with Crippen molar-refractivity contribution in [2.75, 3.05) is 20.2 Å². The van der Waals surface area contributed by atoms with E-state index in [9.17, 15) is 0 Å². The molecule has 0 radical (unpaired) electrons. The lowest BCUT2D eigenvalue weighted by molar-refractivity contribution is 0.182. The largest absolute Gasteiger partial charge is 0.406 e. The van der Waals surface area contributed by atoms with Crippen molar-refractivity contribution in [3.05, 3.63) is 0 Å². The molecule has 0 spiro atoms. The second-order valence-electron chi connectivity index (χ2n) is 4.45. The molecule has 0 aromatic carbocycles. The summed E-state index contributed by atoms with van der Waals surface area (Å²) in [6, 6.07) is 2.43. The molecule has 0 aromatic heterocycles. The van der Waals surface area contributed by atoms with Crippen molar-refractivity contribution in [1.82, 2.24) is 9.88 Å². The van der Waals surface area contributed by atoms with Crippen LogP contribution in [-0.2, 0) is 4.43 Å². The first kappa shape index (κ1) is 15.1. The minimum Gasteiger partial charge on any atom is -0.406 e. The summed E-state index contributed by atoms with van der Waals surface area (Å²) >= 11 is 0. The molecule has 92 valence electrons. The average Bonchev–Trinajstić information content (AvgIpc) is 2.15. The van der Waals surface area contributed by atoms with E-state index in [1.54, 1.807) is 0 Å². The Morgan fingerprint density at radius 1 is 1.20 bits per heavy atom. The highest BCUT2D eigenvalue weighted by molar-refractivity contribution is 6.48. The molecule has 3 nitrogen and oxygen atoms in total. The van der Waals surface area contributed by atoms with Crippen LogP contribution in [0.25, 0.3) is 0 Å². The molecular weight excluding hydrogens is 204 g/mol. The summed E-state index contributed by atoms with van der Waals surface area (Å²) in [6.07, 6.45) is 0. The molecule has 0 bridgehead atoms. The first-order chi connectivity index (χ1) is 7.02. The number of nitrogens with one attached hydrogen (secondary N) is 1. The first-order valence-electron chi connectivity index (χ1n) is 6.07. The maximum atomic E-state index is 5.70. The van der Waals surface area contributed by atoms with Crippen LogP contribution in [0.1, 0.15) is 34.6 Å². The van der Waals surface area contributed by atoms with E-state index in [0.717, 1.165) is 13.2 Å². The molecule has 0 rings (SSSR count). The lowest BCUT2D eigenvalue weighted by Gasteiger charge is -2.31. The van der Waals surface area contributed by atoms with Crippen molar-refractivity contribution in [1.29, 1.82) is 0 Å². The van der Waals surface area contributed by atoms with Gasteiger partial charge >= 0.3 is 0 Å². The van der Waals surface area contributed by atoms with Crippen LogP contribution in [0.4, 0.5) is 0 Å². The summed E-state index contributed by atoms with van der Waals surface area (Å²) in [5.74, 6) is 0. The molecule has 0 fully saturated rings. The van der Waals surface area contributed by atoms with Gasteiger partial charge in [0.25, 0.3) is 9.20 Å². The van der Waals surface area contributed by atoms with E-state index in [0.29, 0.717) is 12.1 Å². The Kier molecular flexibility index (Phi) is 8.33. The third-order valence-corrected chi connectivity index (χ3v) is 4.83. The Morgan fingerprint density at radius 3 is 2.07 bits per heavy atom. The van der Waals surface area contributed by atoms with Crippen molar-refractivity contribution in [3.63, 3.8) is 0 Å². The van der Waals surface area contributed by atoms with Crippen molar-refractivity contribution >= 4 is 9.20 Å². The van der Waals surface area contributed by atoms with Crippen molar-refractivity contribution in [3.8, 4) is 0 Å². The van der Waals surface area contributed by atoms with Gasteiger partial charge in [0.05, 0.1) is 0 Å². The van der Waals surface area contributed by atoms with Crippen LogP contribution in [0, 0.1) is 0 Å². The third kappa shape index (κ3) is 6.30. The van der Waals surface area contributed by atoms with Crippen LogP contribution in [-0.4, -0.2) is 46.4 Å². The van der Waals surface area contributed by atoms with E-state index in [1.165, 1.54) is 6.04 Å². The van der Waals surface area contributed by atoms with E-state index in [4.69, 9.17) is 4.43 Å². The normalized spacial score (nSPS) is 14.2. The molecule has 0 aliphatic carbocycles. The van der Waals surface area contributed by atoms with Crippen LogP contribution in [0.5, 0.6) is 0 Å². The van der Waals surface area contributed by atoms with Gasteiger partial charge in [-0.05, 0) is 54.3 Å². The van der Waals surface area contributed by atoms with Crippen molar-refractivity contribution < 1.29 is 4.43 Å². The van der Waals surface area contributed by atoms with Crippen LogP contribution >= 0.6 is 0 Å². The van der Waals surface area contributed by atoms with Crippen molar-refractivity contribution in [2.24, 2.45) is 0 Å². The summed E-state index contributed by atoms with van der Waals surface area (Å²) in [4.78, 5) is 5.85. The second kappa shape index (κ2) is 8.27. The SMILES string of the molecule is CCO[SiH](CCN(C(C)C)C(C)C)NC. The van der Waals surface area contributed by atoms with Gasteiger partial charge in [-0.15, -0.1) is 0 Å². The molecule has 0 aliphatic rings. The topological polar surface area (TPSA) is 24.5 Å². The quantitative estimate of drug-likeness (QED) is 0.643. The van der Waals surface area contributed by atoms with Crippen LogP contribution in [0.3, 0.4) is 0 Å². The Bertz CT molecular complexity index is 146. The zero-order valence-electron chi connectivity index (χ0n) is 11.2. The summed E-state index contributed by atoms with van der Waals surface area (Å²) in [5.41, 5.74) is 0. The molecule has 0 amide bonds. The molecule has 1 N–H and O–H groups in total. The molecule has 15 heavy (non-hydrogen) atoms. The summed E-state index contributed by atoms with van der Waals surface area (Å²) in [7, 11) is 0.872. The number of hydrogen-bond acceptors (Lipinski definition) is 3. The standard InChI is InChI=1S/C11H28N2OSi/c1-7-14-15(12-6)9-8-13(10(2)3)11(4)5/h10-12,15H,7-9H2,1-6H3. The fourth-order valence-corrected chi connectivity index (χ4v) is 3.45.